The van der Waals surface area contributed by atoms with Gasteiger partial charge in [-0.2, -0.15) is 13.2 Å². The predicted molar refractivity (Wildman–Crippen MR) is 66.5 cm³/mol. The molecule has 0 aliphatic rings. The van der Waals surface area contributed by atoms with Crippen LogP contribution in [0.15, 0.2) is 42.5 Å². The SMILES string of the molecule is OC(Cc1ccc(C(F)(F)F)cc1)c1ccc(F)c(F)c1. The third-order valence-corrected chi connectivity index (χ3v) is 3.04. The standard InChI is InChI=1S/C15H11F5O/c16-12-6-3-10(8-13(12)17)14(21)7-9-1-4-11(5-2-9)15(18,19)20/h1-6,8,14,21H,7H2. The molecule has 1 unspecified atom stereocenters. The second kappa shape index (κ2) is 5.81. The molecule has 0 saturated carbocycles. The summed E-state index contributed by atoms with van der Waals surface area (Å²) >= 11 is 0. The van der Waals surface area contributed by atoms with E-state index >= 15 is 0 Å². The largest absolute Gasteiger partial charge is 0.416 e. The summed E-state index contributed by atoms with van der Waals surface area (Å²) in [6.45, 7) is 0. The lowest BCUT2D eigenvalue weighted by molar-refractivity contribution is -0.137. The van der Waals surface area contributed by atoms with Crippen LogP contribution in [0.3, 0.4) is 0 Å². The van der Waals surface area contributed by atoms with Crippen molar-refractivity contribution in [2.75, 3.05) is 0 Å². The fourth-order valence-corrected chi connectivity index (χ4v) is 1.89. The Balaban J connectivity index is 2.12. The molecular weight excluding hydrogens is 291 g/mol. The lowest BCUT2D eigenvalue weighted by Gasteiger charge is -2.12. The second-order valence-corrected chi connectivity index (χ2v) is 4.59. The Morgan fingerprint density at radius 2 is 1.52 bits per heavy atom. The molecule has 0 amide bonds. The van der Waals surface area contributed by atoms with Crippen molar-refractivity contribution in [3.8, 4) is 0 Å². The minimum absolute atomic E-state index is 0.00318. The summed E-state index contributed by atoms with van der Waals surface area (Å²) < 4.78 is 63.0. The Labute approximate surface area is 117 Å². The Kier molecular flexibility index (Phi) is 4.27. The summed E-state index contributed by atoms with van der Waals surface area (Å²) in [4.78, 5) is 0. The molecule has 2 rings (SSSR count). The Hall–Kier alpha value is -1.95. The van der Waals surface area contributed by atoms with Crippen molar-refractivity contribution in [1.29, 1.82) is 0 Å². The van der Waals surface area contributed by atoms with Crippen LogP contribution in [-0.4, -0.2) is 5.11 Å². The molecule has 112 valence electrons. The first-order chi connectivity index (χ1) is 9.77. The van der Waals surface area contributed by atoms with Gasteiger partial charge < -0.3 is 5.11 Å². The van der Waals surface area contributed by atoms with E-state index in [9.17, 15) is 27.1 Å². The first kappa shape index (κ1) is 15.4. The minimum Gasteiger partial charge on any atom is -0.388 e. The maximum absolute atomic E-state index is 13.1. The average molecular weight is 302 g/mol. The van der Waals surface area contributed by atoms with E-state index < -0.39 is 29.5 Å². The van der Waals surface area contributed by atoms with Crippen LogP contribution < -0.4 is 0 Å². The number of aliphatic hydroxyl groups is 1. The van der Waals surface area contributed by atoms with E-state index in [1.165, 1.54) is 18.2 Å². The normalized spacial score (nSPS) is 13.2. The van der Waals surface area contributed by atoms with E-state index in [2.05, 4.69) is 0 Å². The van der Waals surface area contributed by atoms with Gasteiger partial charge >= 0.3 is 6.18 Å². The molecule has 2 aromatic carbocycles. The first-order valence-corrected chi connectivity index (χ1v) is 6.06. The fourth-order valence-electron chi connectivity index (χ4n) is 1.89. The van der Waals surface area contributed by atoms with Gasteiger partial charge in [0.2, 0.25) is 0 Å². The summed E-state index contributed by atoms with van der Waals surface area (Å²) in [6, 6.07) is 7.29. The molecule has 0 bridgehead atoms. The molecule has 0 saturated heterocycles. The van der Waals surface area contributed by atoms with Gasteiger partial charge in [0.15, 0.2) is 11.6 Å². The van der Waals surface area contributed by atoms with Gasteiger partial charge in [0.1, 0.15) is 0 Å². The molecule has 0 radical (unpaired) electrons. The maximum atomic E-state index is 13.1. The van der Waals surface area contributed by atoms with Gasteiger partial charge in [0.05, 0.1) is 11.7 Å². The van der Waals surface area contributed by atoms with Crippen LogP contribution in [0, 0.1) is 11.6 Å². The zero-order valence-electron chi connectivity index (χ0n) is 10.7. The fraction of sp³-hybridized carbons (Fsp3) is 0.200. The molecular formula is C15H11F5O. The zero-order chi connectivity index (χ0) is 15.6. The van der Waals surface area contributed by atoms with Gasteiger partial charge in [0, 0.05) is 6.42 Å². The molecule has 1 N–H and O–H groups in total. The van der Waals surface area contributed by atoms with Crippen LogP contribution in [0.5, 0.6) is 0 Å². The van der Waals surface area contributed by atoms with E-state index in [4.69, 9.17) is 0 Å². The van der Waals surface area contributed by atoms with Crippen molar-refractivity contribution in [2.45, 2.75) is 18.7 Å². The van der Waals surface area contributed by atoms with Gasteiger partial charge in [-0.25, -0.2) is 8.78 Å². The van der Waals surface area contributed by atoms with Crippen molar-refractivity contribution >= 4 is 0 Å². The topological polar surface area (TPSA) is 20.2 Å². The minimum atomic E-state index is -4.42. The number of halogens is 5. The zero-order valence-corrected chi connectivity index (χ0v) is 10.7. The number of hydrogen-bond acceptors (Lipinski definition) is 1. The van der Waals surface area contributed by atoms with Crippen LogP contribution in [0.4, 0.5) is 22.0 Å². The van der Waals surface area contributed by atoms with E-state index in [1.54, 1.807) is 0 Å². The summed E-state index contributed by atoms with van der Waals surface area (Å²) in [6.07, 6.45) is -5.54. The molecule has 21 heavy (non-hydrogen) atoms. The van der Waals surface area contributed by atoms with E-state index in [1.807, 2.05) is 0 Å². The maximum Gasteiger partial charge on any atom is 0.416 e. The monoisotopic (exact) mass is 302 g/mol. The van der Waals surface area contributed by atoms with Crippen molar-refractivity contribution < 1.29 is 27.1 Å². The van der Waals surface area contributed by atoms with Crippen molar-refractivity contribution in [3.63, 3.8) is 0 Å². The third-order valence-electron chi connectivity index (χ3n) is 3.04. The molecule has 1 atom stereocenters. The number of alkyl halides is 3. The molecule has 0 aliphatic carbocycles. The average Bonchev–Trinajstić information content (AvgIpc) is 2.41. The number of rotatable bonds is 3. The summed E-state index contributed by atoms with van der Waals surface area (Å²) in [5.74, 6) is -2.11. The summed E-state index contributed by atoms with van der Waals surface area (Å²) in [5, 5.41) is 9.91. The summed E-state index contributed by atoms with van der Waals surface area (Å²) in [5.41, 5.74) is -0.164. The number of benzene rings is 2. The molecule has 0 aliphatic heterocycles. The highest BCUT2D eigenvalue weighted by Crippen LogP contribution is 2.29. The lowest BCUT2D eigenvalue weighted by atomic mass is 10.0. The molecule has 0 spiro atoms. The van der Waals surface area contributed by atoms with Crippen LogP contribution in [0.1, 0.15) is 22.8 Å². The van der Waals surface area contributed by atoms with Crippen LogP contribution >= 0.6 is 0 Å². The third kappa shape index (κ3) is 3.78. The van der Waals surface area contributed by atoms with Crippen LogP contribution in [0.25, 0.3) is 0 Å². The molecule has 6 heteroatoms. The van der Waals surface area contributed by atoms with E-state index in [-0.39, 0.29) is 12.0 Å². The second-order valence-electron chi connectivity index (χ2n) is 4.59. The molecule has 2 aromatic rings. The van der Waals surface area contributed by atoms with Crippen LogP contribution in [-0.2, 0) is 12.6 Å². The van der Waals surface area contributed by atoms with Gasteiger partial charge in [0.25, 0.3) is 0 Å². The highest BCUT2D eigenvalue weighted by atomic mass is 19.4. The van der Waals surface area contributed by atoms with Gasteiger partial charge in [-0.1, -0.05) is 18.2 Å². The van der Waals surface area contributed by atoms with E-state index in [0.717, 1.165) is 24.3 Å². The Bertz CT molecular complexity index is 619. The molecule has 0 aromatic heterocycles. The van der Waals surface area contributed by atoms with E-state index in [0.29, 0.717) is 5.56 Å². The molecule has 1 nitrogen and oxygen atoms in total. The highest BCUT2D eigenvalue weighted by Gasteiger charge is 2.30. The highest BCUT2D eigenvalue weighted by molar-refractivity contribution is 5.27. The van der Waals surface area contributed by atoms with Crippen molar-refractivity contribution in [3.05, 3.63) is 70.8 Å². The Morgan fingerprint density at radius 1 is 0.905 bits per heavy atom. The van der Waals surface area contributed by atoms with Gasteiger partial charge in [-0.15, -0.1) is 0 Å². The number of aliphatic hydroxyl groups excluding tert-OH is 1. The van der Waals surface area contributed by atoms with Crippen molar-refractivity contribution in [2.24, 2.45) is 0 Å². The summed E-state index contributed by atoms with van der Waals surface area (Å²) in [7, 11) is 0. The lowest BCUT2D eigenvalue weighted by Crippen LogP contribution is -2.06. The van der Waals surface area contributed by atoms with Crippen LogP contribution in [0.2, 0.25) is 0 Å². The van der Waals surface area contributed by atoms with Crippen molar-refractivity contribution in [1.82, 2.24) is 0 Å². The Morgan fingerprint density at radius 3 is 2.05 bits per heavy atom. The molecule has 0 heterocycles. The van der Waals surface area contributed by atoms with Gasteiger partial charge in [-0.05, 0) is 35.4 Å². The van der Waals surface area contributed by atoms with Gasteiger partial charge in [-0.3, -0.25) is 0 Å². The first-order valence-electron chi connectivity index (χ1n) is 6.06. The number of hydrogen-bond donors (Lipinski definition) is 1. The molecule has 0 fully saturated rings. The smallest absolute Gasteiger partial charge is 0.388 e. The quantitative estimate of drug-likeness (QED) is 0.840. The predicted octanol–water partition coefficient (Wildman–Crippen LogP) is 4.26.